The molecular formula is C10H12BrFNO4S-. The highest BCUT2D eigenvalue weighted by atomic mass is 79.9. The smallest absolute Gasteiger partial charge is 0.141 e. The van der Waals surface area contributed by atoms with Crippen molar-refractivity contribution < 1.29 is 23.0 Å². The van der Waals surface area contributed by atoms with Gasteiger partial charge < -0.3 is 14.9 Å². The molecule has 0 heterocycles. The fourth-order valence-corrected chi connectivity index (χ4v) is 2.80. The Balaban J connectivity index is 3.15. The molecule has 0 radical (unpaired) electrons. The van der Waals surface area contributed by atoms with E-state index < -0.39 is 39.5 Å². The molecule has 1 rings (SSSR count). The third-order valence-corrected chi connectivity index (χ3v) is 4.25. The number of rotatable bonds is 5. The van der Waals surface area contributed by atoms with Gasteiger partial charge in [0.1, 0.15) is 15.8 Å². The number of benzene rings is 1. The molecule has 0 amide bonds. The highest BCUT2D eigenvalue weighted by molar-refractivity contribution is 9.10. The molecule has 0 fully saturated rings. The molecule has 18 heavy (non-hydrogen) atoms. The minimum atomic E-state index is -4.28. The summed E-state index contributed by atoms with van der Waals surface area (Å²) in [7, 11) is -4.28. The Labute approximate surface area is 113 Å². The summed E-state index contributed by atoms with van der Waals surface area (Å²) in [6, 6.07) is 3.42. The van der Waals surface area contributed by atoms with E-state index in [0.717, 1.165) is 12.1 Å². The van der Waals surface area contributed by atoms with Crippen molar-refractivity contribution in [3.05, 3.63) is 33.2 Å². The van der Waals surface area contributed by atoms with Gasteiger partial charge in [0.25, 0.3) is 0 Å². The molecule has 8 heteroatoms. The molecule has 102 valence electrons. The van der Waals surface area contributed by atoms with Crippen molar-refractivity contribution in [3.8, 4) is 0 Å². The van der Waals surface area contributed by atoms with Crippen LogP contribution in [0.5, 0.6) is 0 Å². The second-order valence-corrected chi connectivity index (χ2v) is 6.44. The Kier molecular flexibility index (Phi) is 4.84. The first-order valence-electron chi connectivity index (χ1n) is 4.90. The quantitative estimate of drug-likeness (QED) is 0.847. The van der Waals surface area contributed by atoms with Crippen molar-refractivity contribution in [2.45, 2.75) is 17.4 Å². The number of hydrogen-bond acceptors (Lipinski definition) is 4. The van der Waals surface area contributed by atoms with Gasteiger partial charge >= 0.3 is 0 Å². The van der Waals surface area contributed by atoms with Crippen molar-refractivity contribution in [1.29, 1.82) is 0 Å². The zero-order valence-electron chi connectivity index (χ0n) is 9.47. The monoisotopic (exact) mass is 340 g/mol. The minimum absolute atomic E-state index is 0.394. The maximum Gasteiger partial charge on any atom is 0.141 e. The number of aliphatic hydroxyl groups excluding tert-OH is 2. The molecule has 0 aliphatic rings. The number of halogens is 2. The van der Waals surface area contributed by atoms with E-state index in [1.807, 2.05) is 0 Å². The van der Waals surface area contributed by atoms with Crippen molar-refractivity contribution in [3.63, 3.8) is 0 Å². The van der Waals surface area contributed by atoms with E-state index in [0.29, 0.717) is 4.47 Å². The first-order chi connectivity index (χ1) is 8.24. The van der Waals surface area contributed by atoms with Crippen LogP contribution in [-0.2, 0) is 10.0 Å². The first kappa shape index (κ1) is 15.5. The summed E-state index contributed by atoms with van der Waals surface area (Å²) in [5.41, 5.74) is -1.57. The maximum atomic E-state index is 13.5. The lowest BCUT2D eigenvalue weighted by molar-refractivity contribution is 0.156. The molecule has 0 bridgehead atoms. The van der Waals surface area contributed by atoms with Crippen LogP contribution < -0.4 is 0 Å². The van der Waals surface area contributed by atoms with Crippen LogP contribution in [0.15, 0.2) is 27.6 Å². The van der Waals surface area contributed by atoms with Crippen molar-refractivity contribution in [1.82, 2.24) is 0 Å². The fraction of sp³-hybridized carbons (Fsp3) is 0.400. The van der Waals surface area contributed by atoms with E-state index >= 15 is 0 Å². The second kappa shape index (κ2) is 5.62. The van der Waals surface area contributed by atoms with Gasteiger partial charge in [0.15, 0.2) is 0 Å². The average Bonchev–Trinajstić information content (AvgIpc) is 2.27. The summed E-state index contributed by atoms with van der Waals surface area (Å²) in [4.78, 5) is -0.598. The van der Waals surface area contributed by atoms with Gasteiger partial charge in [-0.2, -0.15) is 0 Å². The molecule has 1 aromatic rings. The lowest BCUT2D eigenvalue weighted by atomic mass is 10.1. The molecule has 0 atom stereocenters. The van der Waals surface area contributed by atoms with E-state index in [4.69, 9.17) is 10.2 Å². The summed E-state index contributed by atoms with van der Waals surface area (Å²) >= 11 is 3.01. The van der Waals surface area contributed by atoms with Crippen LogP contribution in [-0.4, -0.2) is 37.4 Å². The van der Waals surface area contributed by atoms with E-state index in [-0.39, 0.29) is 0 Å². The van der Waals surface area contributed by atoms with Gasteiger partial charge in [-0.1, -0.05) is 28.4 Å². The van der Waals surface area contributed by atoms with E-state index in [2.05, 4.69) is 20.7 Å². The van der Waals surface area contributed by atoms with E-state index in [1.165, 1.54) is 13.0 Å². The van der Waals surface area contributed by atoms with Crippen LogP contribution in [0.1, 0.15) is 6.92 Å². The maximum absolute atomic E-state index is 13.5. The van der Waals surface area contributed by atoms with Crippen LogP contribution >= 0.6 is 15.9 Å². The van der Waals surface area contributed by atoms with Gasteiger partial charge in [0.2, 0.25) is 0 Å². The van der Waals surface area contributed by atoms with Crippen LogP contribution in [0.2, 0.25) is 0 Å². The molecule has 0 aliphatic heterocycles. The third kappa shape index (κ3) is 3.48. The number of sulfonamides is 1. The predicted molar refractivity (Wildman–Crippen MR) is 67.2 cm³/mol. The minimum Gasteiger partial charge on any atom is -0.536 e. The standard InChI is InChI=1S/C10H12BrFNO4S/c1-10(5-14,6-15)13-18(16,17)9-3-2-7(11)4-8(9)12/h2-4,14-15H,5-6H2,1H3/q-1. The number of hydrogen-bond donors (Lipinski definition) is 2. The fourth-order valence-electron chi connectivity index (χ4n) is 1.13. The van der Waals surface area contributed by atoms with Gasteiger partial charge in [0, 0.05) is 17.7 Å². The third-order valence-electron chi connectivity index (χ3n) is 2.19. The Morgan fingerprint density at radius 2 is 1.94 bits per heavy atom. The van der Waals surface area contributed by atoms with Crippen molar-refractivity contribution in [2.75, 3.05) is 13.2 Å². The van der Waals surface area contributed by atoms with E-state index in [1.54, 1.807) is 0 Å². The summed E-state index contributed by atoms with van der Waals surface area (Å²) < 4.78 is 41.0. The molecule has 0 spiro atoms. The largest absolute Gasteiger partial charge is 0.536 e. The van der Waals surface area contributed by atoms with Crippen molar-refractivity contribution in [2.24, 2.45) is 0 Å². The Hall–Kier alpha value is -0.540. The summed E-state index contributed by atoms with van der Waals surface area (Å²) in [6.07, 6.45) is 0. The van der Waals surface area contributed by atoms with Gasteiger partial charge in [-0.05, 0) is 18.2 Å². The van der Waals surface area contributed by atoms with Gasteiger partial charge in [0.05, 0.1) is 4.90 Å². The van der Waals surface area contributed by atoms with Gasteiger partial charge in [-0.15, -0.1) is 0 Å². The van der Waals surface area contributed by atoms with Crippen LogP contribution in [0, 0.1) is 5.82 Å². The zero-order valence-corrected chi connectivity index (χ0v) is 11.9. The highest BCUT2D eigenvalue weighted by Gasteiger charge is 2.20. The normalized spacial score (nSPS) is 12.7. The van der Waals surface area contributed by atoms with Gasteiger partial charge in [-0.3, -0.25) is 0 Å². The second-order valence-electron chi connectivity index (χ2n) is 3.95. The molecular weight excluding hydrogens is 329 g/mol. The van der Waals surface area contributed by atoms with E-state index in [9.17, 15) is 12.8 Å². The molecule has 5 nitrogen and oxygen atoms in total. The molecule has 1 aromatic carbocycles. The summed E-state index contributed by atoms with van der Waals surface area (Å²) in [6.45, 7) is -0.0803. The topological polar surface area (TPSA) is 88.7 Å². The Morgan fingerprint density at radius 3 is 2.39 bits per heavy atom. The predicted octanol–water partition coefficient (Wildman–Crippen LogP) is 1.39. The molecule has 0 unspecified atom stereocenters. The molecule has 0 saturated carbocycles. The lowest BCUT2D eigenvalue weighted by Gasteiger charge is -2.39. The van der Waals surface area contributed by atoms with Crippen LogP contribution in [0.4, 0.5) is 4.39 Å². The zero-order chi connectivity index (χ0) is 14.0. The Bertz CT molecular complexity index is 531. The molecule has 0 saturated heterocycles. The Morgan fingerprint density at radius 1 is 1.39 bits per heavy atom. The first-order valence-corrected chi connectivity index (χ1v) is 7.13. The van der Waals surface area contributed by atoms with Crippen LogP contribution in [0.25, 0.3) is 4.72 Å². The highest BCUT2D eigenvalue weighted by Crippen LogP contribution is 2.29. The van der Waals surface area contributed by atoms with Crippen molar-refractivity contribution >= 4 is 26.0 Å². The molecule has 0 aromatic heterocycles. The summed E-state index contributed by atoms with van der Waals surface area (Å²) in [5, 5.41) is 18.0. The average molecular weight is 341 g/mol. The SMILES string of the molecule is CC(CO)(CO)[N-]S(=O)(=O)c1ccc(Br)cc1F. The number of nitrogens with zero attached hydrogens (tertiary/aromatic N) is 1. The molecule has 0 aliphatic carbocycles. The molecule has 2 N–H and O–H groups in total. The number of aliphatic hydroxyl groups is 2. The van der Waals surface area contributed by atoms with Gasteiger partial charge in [-0.25, -0.2) is 12.8 Å². The van der Waals surface area contributed by atoms with Crippen LogP contribution in [0.3, 0.4) is 0 Å². The summed E-state index contributed by atoms with van der Waals surface area (Å²) in [5.74, 6) is -0.952. The lowest BCUT2D eigenvalue weighted by Crippen LogP contribution is -2.35.